The molecule has 1 spiro atoms. The van der Waals surface area contributed by atoms with E-state index in [1.807, 2.05) is 6.92 Å². The Morgan fingerprint density at radius 3 is 2.39 bits per heavy atom. The number of carbonyl (C=O) groups is 4. The van der Waals surface area contributed by atoms with Crippen LogP contribution in [0, 0.1) is 88.3 Å². The molecule has 6 heteroatoms. The molecule has 0 amide bonds. The summed E-state index contributed by atoms with van der Waals surface area (Å²) in [5, 5.41) is 0. The van der Waals surface area contributed by atoms with Crippen LogP contribution in [0.2, 0.25) is 0 Å². The molecule has 8 aliphatic rings. The molecule has 8 rings (SSSR count). The molecule has 8 fully saturated rings. The van der Waals surface area contributed by atoms with Crippen molar-refractivity contribution >= 4 is 23.7 Å². The third-order valence-electron chi connectivity index (χ3n) is 15.1. The third kappa shape index (κ3) is 3.60. The highest BCUT2D eigenvalue weighted by molar-refractivity contribution is 5.97. The molecule has 1 heterocycles. The van der Waals surface area contributed by atoms with Gasteiger partial charge in [-0.2, -0.15) is 0 Å². The van der Waals surface area contributed by atoms with E-state index in [0.717, 1.165) is 31.6 Å². The smallest absolute Gasteiger partial charge is 0.317 e. The molecule has 6 nitrogen and oxygen atoms in total. The number of esters is 3. The van der Waals surface area contributed by atoms with E-state index < -0.39 is 23.7 Å². The molecular formula is C35H48O6. The van der Waals surface area contributed by atoms with E-state index >= 15 is 0 Å². The average Bonchev–Trinajstić information content (AvgIpc) is 3.74. The number of carbonyl (C=O) groups excluding carboxylic acids is 4. The van der Waals surface area contributed by atoms with Crippen LogP contribution in [0.15, 0.2) is 0 Å². The lowest BCUT2D eigenvalue weighted by molar-refractivity contribution is -0.172. The van der Waals surface area contributed by atoms with Crippen LogP contribution in [0.25, 0.3) is 0 Å². The number of ether oxygens (including phenoxy) is 2. The third-order valence-corrected chi connectivity index (χ3v) is 15.1. The zero-order valence-corrected chi connectivity index (χ0v) is 25.3. The summed E-state index contributed by atoms with van der Waals surface area (Å²) in [7, 11) is 0. The molecule has 0 aromatic carbocycles. The Morgan fingerprint density at radius 2 is 1.68 bits per heavy atom. The van der Waals surface area contributed by atoms with Crippen LogP contribution in [-0.2, 0) is 28.7 Å². The first-order chi connectivity index (χ1) is 19.5. The van der Waals surface area contributed by atoms with E-state index in [9.17, 15) is 19.2 Å². The summed E-state index contributed by atoms with van der Waals surface area (Å²) >= 11 is 0. The summed E-state index contributed by atoms with van der Waals surface area (Å²) in [6, 6.07) is 0. The molecular weight excluding hydrogens is 516 g/mol. The van der Waals surface area contributed by atoms with Gasteiger partial charge in [-0.15, -0.1) is 0 Å². The van der Waals surface area contributed by atoms with Gasteiger partial charge in [0.05, 0.1) is 17.8 Å². The van der Waals surface area contributed by atoms with Crippen LogP contribution >= 0.6 is 0 Å². The zero-order valence-electron chi connectivity index (χ0n) is 25.3. The van der Waals surface area contributed by atoms with Gasteiger partial charge < -0.3 is 9.47 Å². The minimum absolute atomic E-state index is 0.142. The summed E-state index contributed by atoms with van der Waals surface area (Å²) in [5.74, 6) is 3.53. The van der Waals surface area contributed by atoms with E-state index in [-0.39, 0.29) is 29.4 Å². The fourth-order valence-corrected chi connectivity index (χ4v) is 13.8. The van der Waals surface area contributed by atoms with Gasteiger partial charge in [0.1, 0.15) is 11.4 Å². The average molecular weight is 565 g/mol. The van der Waals surface area contributed by atoms with Crippen molar-refractivity contribution in [2.45, 2.75) is 104 Å². The standard InChI is InChI=1S/C35H48O6/c1-16(31(37)41-34(4)13-20-10-28(34)24-7-5-6-23(20)24)8-26-30(33(39)40-32(26)38)29-17(2)27-11-21(29)15-35(27)14-19-9-22(35)12-25(19)18(3)36/h16-17,19-30H,5-15H2,1-4H3. The highest BCUT2D eigenvalue weighted by Crippen LogP contribution is 2.74. The fraction of sp³-hybridized carbons (Fsp3) is 0.886. The molecule has 16 unspecified atom stereocenters. The number of hydrogen-bond acceptors (Lipinski definition) is 6. The first kappa shape index (κ1) is 26.9. The maximum absolute atomic E-state index is 13.5. The van der Waals surface area contributed by atoms with Gasteiger partial charge in [0, 0.05) is 11.8 Å². The predicted molar refractivity (Wildman–Crippen MR) is 150 cm³/mol. The van der Waals surface area contributed by atoms with E-state index in [0.29, 0.717) is 65.0 Å². The lowest BCUT2D eigenvalue weighted by atomic mass is 9.55. The maximum Gasteiger partial charge on any atom is 0.317 e. The Morgan fingerprint density at radius 1 is 0.951 bits per heavy atom. The van der Waals surface area contributed by atoms with E-state index in [1.165, 1.54) is 38.5 Å². The number of fused-ring (bicyclic) bond motifs is 11. The molecule has 6 bridgehead atoms. The second-order valence-electron chi connectivity index (χ2n) is 16.6. The Kier molecular flexibility index (Phi) is 5.84. The second kappa shape index (κ2) is 8.91. The fourth-order valence-electron chi connectivity index (χ4n) is 13.8. The van der Waals surface area contributed by atoms with Crippen LogP contribution in [0.3, 0.4) is 0 Å². The summed E-state index contributed by atoms with van der Waals surface area (Å²) in [6.07, 6.45) is 12.1. The normalized spacial score (nSPS) is 54.8. The van der Waals surface area contributed by atoms with Crippen LogP contribution in [-0.4, -0.2) is 29.3 Å². The van der Waals surface area contributed by atoms with Crippen LogP contribution < -0.4 is 0 Å². The van der Waals surface area contributed by atoms with Gasteiger partial charge in [-0.1, -0.05) is 20.3 Å². The largest absolute Gasteiger partial charge is 0.459 e. The molecule has 0 N–H and O–H groups in total. The molecule has 224 valence electrons. The molecule has 16 atom stereocenters. The van der Waals surface area contributed by atoms with Crippen LogP contribution in [0.4, 0.5) is 0 Å². The zero-order chi connectivity index (χ0) is 28.6. The monoisotopic (exact) mass is 564 g/mol. The van der Waals surface area contributed by atoms with Crippen molar-refractivity contribution in [3.63, 3.8) is 0 Å². The summed E-state index contributed by atoms with van der Waals surface area (Å²) in [5.41, 5.74) is -0.0623. The molecule has 1 aliphatic heterocycles. The van der Waals surface area contributed by atoms with Crippen molar-refractivity contribution in [2.24, 2.45) is 88.3 Å². The topological polar surface area (TPSA) is 86.7 Å². The van der Waals surface area contributed by atoms with Gasteiger partial charge in [0.2, 0.25) is 0 Å². The first-order valence-corrected chi connectivity index (χ1v) is 17.0. The highest BCUT2D eigenvalue weighted by Gasteiger charge is 2.69. The SMILES string of the molecule is CC(=O)C1CC2CC1CC21CC2CC1C(C)C2C1C(=O)OC(=O)C1CC(C)C(=O)OC1(C)CC2CC1C1CCCC21. The molecule has 41 heavy (non-hydrogen) atoms. The number of cyclic esters (lactones) is 2. The Hall–Kier alpha value is -1.72. The molecule has 7 aliphatic carbocycles. The van der Waals surface area contributed by atoms with Gasteiger partial charge in [-0.3, -0.25) is 19.2 Å². The van der Waals surface area contributed by atoms with Gasteiger partial charge in [0.15, 0.2) is 0 Å². The maximum atomic E-state index is 13.5. The van der Waals surface area contributed by atoms with Gasteiger partial charge in [0.25, 0.3) is 0 Å². The predicted octanol–water partition coefficient (Wildman–Crippen LogP) is 6.00. The lowest BCUT2D eigenvalue weighted by Gasteiger charge is -2.49. The van der Waals surface area contributed by atoms with Crippen molar-refractivity contribution in [2.75, 3.05) is 0 Å². The van der Waals surface area contributed by atoms with Gasteiger partial charge >= 0.3 is 17.9 Å². The molecule has 0 aromatic rings. The minimum Gasteiger partial charge on any atom is -0.459 e. The Labute approximate surface area is 244 Å². The quantitative estimate of drug-likeness (QED) is 0.291. The van der Waals surface area contributed by atoms with Crippen LogP contribution in [0.5, 0.6) is 0 Å². The van der Waals surface area contributed by atoms with Crippen molar-refractivity contribution in [3.05, 3.63) is 0 Å². The highest BCUT2D eigenvalue weighted by atomic mass is 16.6. The molecule has 0 radical (unpaired) electrons. The second-order valence-corrected chi connectivity index (χ2v) is 16.6. The summed E-state index contributed by atoms with van der Waals surface area (Å²) in [4.78, 5) is 52.0. The van der Waals surface area contributed by atoms with E-state index in [2.05, 4.69) is 13.8 Å². The van der Waals surface area contributed by atoms with Gasteiger partial charge in [-0.05, 0) is 137 Å². The van der Waals surface area contributed by atoms with E-state index in [1.54, 1.807) is 6.92 Å². The van der Waals surface area contributed by atoms with Crippen molar-refractivity contribution in [1.29, 1.82) is 0 Å². The lowest BCUT2D eigenvalue weighted by Crippen LogP contribution is -2.45. The van der Waals surface area contributed by atoms with Crippen molar-refractivity contribution in [1.82, 2.24) is 0 Å². The minimum atomic E-state index is -0.554. The molecule has 0 aromatic heterocycles. The number of Topliss-reactive ketones (excluding diaryl/α,β-unsaturated/α-hetero) is 1. The Bertz CT molecular complexity index is 1190. The summed E-state index contributed by atoms with van der Waals surface area (Å²) < 4.78 is 11.6. The van der Waals surface area contributed by atoms with Crippen molar-refractivity contribution in [3.8, 4) is 0 Å². The number of hydrogen-bond donors (Lipinski definition) is 0. The van der Waals surface area contributed by atoms with E-state index in [4.69, 9.17) is 9.47 Å². The summed E-state index contributed by atoms with van der Waals surface area (Å²) in [6.45, 7) is 8.10. The first-order valence-electron chi connectivity index (χ1n) is 17.0. The molecule has 1 saturated heterocycles. The van der Waals surface area contributed by atoms with Gasteiger partial charge in [-0.25, -0.2) is 0 Å². The van der Waals surface area contributed by atoms with Crippen molar-refractivity contribution < 1.29 is 28.7 Å². The number of rotatable bonds is 6. The molecule has 7 saturated carbocycles. The Balaban J connectivity index is 0.954. The van der Waals surface area contributed by atoms with Crippen LogP contribution in [0.1, 0.15) is 98.3 Å². The number of ketones is 1.